The summed E-state index contributed by atoms with van der Waals surface area (Å²) in [5.74, 6) is -0.974. The second-order valence-corrected chi connectivity index (χ2v) is 6.60. The highest BCUT2D eigenvalue weighted by molar-refractivity contribution is 6.39. The molecule has 4 amide bonds. The zero-order valence-corrected chi connectivity index (χ0v) is 16.1. The molecule has 0 radical (unpaired) electrons. The number of nitrogens with zero attached hydrogens (tertiary/aromatic N) is 2. The number of nitrogens with one attached hydrogen (secondary N) is 1. The summed E-state index contributed by atoms with van der Waals surface area (Å²) >= 11 is 6.26. The second-order valence-electron chi connectivity index (χ2n) is 6.19. The standard InChI is InChI=1S/C20H18ClN3O4/c1-3-12(2)28-17-5-4-13(11-16(17)21)10-15-18(25)23-20(27)24(19(15)26)14-6-8-22-9-7-14/h4-12H,3H2,1-2H3,(H,23,25,27)/b15-10+/t12-/m1/s1. The summed E-state index contributed by atoms with van der Waals surface area (Å²) in [6.45, 7) is 3.93. The molecule has 2 heterocycles. The van der Waals surface area contributed by atoms with Crippen molar-refractivity contribution in [2.24, 2.45) is 0 Å². The number of imide groups is 2. The zero-order chi connectivity index (χ0) is 20.3. The number of urea groups is 1. The fraction of sp³-hybridized carbons (Fsp3) is 0.200. The normalized spacial score (nSPS) is 16.9. The van der Waals surface area contributed by atoms with E-state index in [0.29, 0.717) is 22.0 Å². The Morgan fingerprint density at radius 3 is 2.57 bits per heavy atom. The van der Waals surface area contributed by atoms with Crippen molar-refractivity contribution >= 4 is 41.2 Å². The van der Waals surface area contributed by atoms with Gasteiger partial charge in [0, 0.05) is 12.4 Å². The molecule has 0 spiro atoms. The lowest BCUT2D eigenvalue weighted by Gasteiger charge is -2.26. The maximum atomic E-state index is 12.8. The molecule has 1 fully saturated rings. The number of aromatic nitrogens is 1. The Kier molecular flexibility index (Phi) is 5.75. The van der Waals surface area contributed by atoms with Crippen LogP contribution in [0, 0.1) is 0 Å². The summed E-state index contributed by atoms with van der Waals surface area (Å²) in [7, 11) is 0. The summed E-state index contributed by atoms with van der Waals surface area (Å²) in [6.07, 6.45) is 5.12. The number of halogens is 1. The first-order valence-electron chi connectivity index (χ1n) is 8.68. The lowest BCUT2D eigenvalue weighted by atomic mass is 10.1. The van der Waals surface area contributed by atoms with Crippen LogP contribution in [0.1, 0.15) is 25.8 Å². The second kappa shape index (κ2) is 8.22. The van der Waals surface area contributed by atoms with Crippen LogP contribution in [0.2, 0.25) is 5.02 Å². The Bertz CT molecular complexity index is 959. The Balaban J connectivity index is 1.92. The number of amides is 4. The number of hydrogen-bond donors (Lipinski definition) is 1. The van der Waals surface area contributed by atoms with Gasteiger partial charge < -0.3 is 4.74 Å². The van der Waals surface area contributed by atoms with Gasteiger partial charge in [0.1, 0.15) is 11.3 Å². The fourth-order valence-corrected chi connectivity index (χ4v) is 2.79. The van der Waals surface area contributed by atoms with Gasteiger partial charge in [-0.1, -0.05) is 24.6 Å². The van der Waals surface area contributed by atoms with Crippen molar-refractivity contribution < 1.29 is 19.1 Å². The molecule has 1 N–H and O–H groups in total. The van der Waals surface area contributed by atoms with Gasteiger partial charge in [0.25, 0.3) is 11.8 Å². The van der Waals surface area contributed by atoms with Gasteiger partial charge in [0.15, 0.2) is 0 Å². The fourth-order valence-electron chi connectivity index (χ4n) is 2.55. The number of pyridine rings is 1. The maximum Gasteiger partial charge on any atom is 0.335 e. The van der Waals surface area contributed by atoms with Gasteiger partial charge >= 0.3 is 6.03 Å². The number of benzene rings is 1. The molecular formula is C20H18ClN3O4. The van der Waals surface area contributed by atoms with Crippen LogP contribution in [0.3, 0.4) is 0 Å². The lowest BCUT2D eigenvalue weighted by molar-refractivity contribution is -0.122. The average Bonchev–Trinajstić information content (AvgIpc) is 2.67. The van der Waals surface area contributed by atoms with Crippen molar-refractivity contribution in [3.05, 3.63) is 58.9 Å². The van der Waals surface area contributed by atoms with E-state index in [0.717, 1.165) is 11.3 Å². The molecule has 1 aliphatic rings. The summed E-state index contributed by atoms with van der Waals surface area (Å²) < 4.78 is 5.71. The van der Waals surface area contributed by atoms with Crippen molar-refractivity contribution in [1.29, 1.82) is 0 Å². The lowest BCUT2D eigenvalue weighted by Crippen LogP contribution is -2.54. The molecule has 0 unspecified atom stereocenters. The first kappa shape index (κ1) is 19.6. The van der Waals surface area contributed by atoms with Gasteiger partial charge in [-0.2, -0.15) is 0 Å². The van der Waals surface area contributed by atoms with E-state index in [-0.39, 0.29) is 11.7 Å². The minimum absolute atomic E-state index is 0.00679. The van der Waals surface area contributed by atoms with E-state index in [9.17, 15) is 14.4 Å². The summed E-state index contributed by atoms with van der Waals surface area (Å²) in [6, 6.07) is 7.15. The highest BCUT2D eigenvalue weighted by Gasteiger charge is 2.36. The number of carbonyl (C=O) groups is 3. The number of ether oxygens (including phenoxy) is 1. The predicted octanol–water partition coefficient (Wildman–Crippen LogP) is 3.58. The highest BCUT2D eigenvalue weighted by Crippen LogP contribution is 2.28. The van der Waals surface area contributed by atoms with Crippen LogP contribution in [0.5, 0.6) is 5.75 Å². The summed E-state index contributed by atoms with van der Waals surface area (Å²) in [5.41, 5.74) is 0.665. The van der Waals surface area contributed by atoms with Gasteiger partial charge in [-0.3, -0.25) is 19.9 Å². The third kappa shape index (κ3) is 4.04. The molecule has 1 aliphatic heterocycles. The Labute approximate surface area is 167 Å². The van der Waals surface area contributed by atoms with E-state index in [1.54, 1.807) is 18.2 Å². The monoisotopic (exact) mass is 399 g/mol. The van der Waals surface area contributed by atoms with Crippen LogP contribution in [-0.4, -0.2) is 28.9 Å². The van der Waals surface area contributed by atoms with Crippen LogP contribution in [0.4, 0.5) is 10.5 Å². The molecule has 2 aromatic rings. The topological polar surface area (TPSA) is 88.6 Å². The molecule has 3 rings (SSSR count). The van der Waals surface area contributed by atoms with Gasteiger partial charge in [0.05, 0.1) is 16.8 Å². The quantitative estimate of drug-likeness (QED) is 0.613. The van der Waals surface area contributed by atoms with E-state index in [4.69, 9.17) is 16.3 Å². The Morgan fingerprint density at radius 2 is 1.93 bits per heavy atom. The number of carbonyl (C=O) groups excluding carboxylic acids is 3. The molecule has 1 saturated heterocycles. The molecule has 1 aromatic carbocycles. The van der Waals surface area contributed by atoms with E-state index in [2.05, 4.69) is 10.3 Å². The van der Waals surface area contributed by atoms with E-state index >= 15 is 0 Å². The molecule has 0 aliphatic carbocycles. The van der Waals surface area contributed by atoms with Crippen LogP contribution in [0.15, 0.2) is 48.3 Å². The number of hydrogen-bond acceptors (Lipinski definition) is 5. The molecule has 0 bridgehead atoms. The van der Waals surface area contributed by atoms with Crippen molar-refractivity contribution in [2.45, 2.75) is 26.4 Å². The molecule has 28 heavy (non-hydrogen) atoms. The van der Waals surface area contributed by atoms with E-state index < -0.39 is 17.8 Å². The van der Waals surface area contributed by atoms with E-state index in [1.807, 2.05) is 13.8 Å². The number of rotatable bonds is 5. The summed E-state index contributed by atoms with van der Waals surface area (Å²) in [4.78, 5) is 41.9. The van der Waals surface area contributed by atoms with Gasteiger partial charge in [-0.05, 0) is 49.2 Å². The van der Waals surface area contributed by atoms with E-state index in [1.165, 1.54) is 30.6 Å². The first-order valence-corrected chi connectivity index (χ1v) is 9.06. The molecule has 8 heteroatoms. The largest absolute Gasteiger partial charge is 0.489 e. The highest BCUT2D eigenvalue weighted by atomic mass is 35.5. The smallest absolute Gasteiger partial charge is 0.335 e. The van der Waals surface area contributed by atoms with Crippen molar-refractivity contribution in [2.75, 3.05) is 4.90 Å². The van der Waals surface area contributed by atoms with Crippen molar-refractivity contribution in [3.63, 3.8) is 0 Å². The van der Waals surface area contributed by atoms with Gasteiger partial charge in [0.2, 0.25) is 0 Å². The molecule has 1 aromatic heterocycles. The molecular weight excluding hydrogens is 382 g/mol. The predicted molar refractivity (Wildman–Crippen MR) is 105 cm³/mol. The molecule has 144 valence electrons. The van der Waals surface area contributed by atoms with Crippen LogP contribution in [0.25, 0.3) is 6.08 Å². The van der Waals surface area contributed by atoms with Gasteiger partial charge in [-0.15, -0.1) is 0 Å². The van der Waals surface area contributed by atoms with Crippen LogP contribution >= 0.6 is 11.6 Å². The van der Waals surface area contributed by atoms with Crippen LogP contribution in [-0.2, 0) is 9.59 Å². The minimum Gasteiger partial charge on any atom is -0.489 e. The van der Waals surface area contributed by atoms with Crippen LogP contribution < -0.4 is 15.0 Å². The molecule has 7 nitrogen and oxygen atoms in total. The number of barbiturate groups is 1. The Hall–Kier alpha value is -3.19. The van der Waals surface area contributed by atoms with Crippen molar-refractivity contribution in [1.82, 2.24) is 10.3 Å². The number of anilines is 1. The first-order chi connectivity index (χ1) is 13.4. The SMILES string of the molecule is CC[C@@H](C)Oc1ccc(/C=C2\C(=O)NC(=O)N(c3ccncc3)C2=O)cc1Cl. The van der Waals surface area contributed by atoms with Crippen molar-refractivity contribution in [3.8, 4) is 5.75 Å². The van der Waals surface area contributed by atoms with Gasteiger partial charge in [-0.25, -0.2) is 9.69 Å². The maximum absolute atomic E-state index is 12.8. The average molecular weight is 400 g/mol. The zero-order valence-electron chi connectivity index (χ0n) is 15.3. The summed E-state index contributed by atoms with van der Waals surface area (Å²) in [5, 5.41) is 2.53. The third-order valence-electron chi connectivity index (χ3n) is 4.19. The minimum atomic E-state index is -0.811. The molecule has 0 saturated carbocycles. The Morgan fingerprint density at radius 1 is 1.21 bits per heavy atom. The molecule has 1 atom stereocenters. The third-order valence-corrected chi connectivity index (χ3v) is 4.49.